The summed E-state index contributed by atoms with van der Waals surface area (Å²) in [7, 11) is 3.36. The van der Waals surface area contributed by atoms with Gasteiger partial charge in [-0.3, -0.25) is 11.3 Å². The van der Waals surface area contributed by atoms with Gasteiger partial charge < -0.3 is 9.47 Å². The van der Waals surface area contributed by atoms with Gasteiger partial charge in [0.15, 0.2) is 0 Å². The molecule has 0 fully saturated rings. The van der Waals surface area contributed by atoms with Crippen LogP contribution in [-0.4, -0.2) is 14.2 Å². The molecule has 0 aromatic heterocycles. The molecule has 4 nitrogen and oxygen atoms in total. The van der Waals surface area contributed by atoms with E-state index in [2.05, 4.69) is 19.3 Å². The molecule has 0 spiro atoms. The Labute approximate surface area is 129 Å². The van der Waals surface area contributed by atoms with Crippen molar-refractivity contribution in [2.75, 3.05) is 14.2 Å². The average Bonchev–Trinajstić information content (AvgIpc) is 2.54. The lowest BCUT2D eigenvalue weighted by Gasteiger charge is -2.25. The van der Waals surface area contributed by atoms with Crippen LogP contribution in [0.3, 0.4) is 0 Å². The van der Waals surface area contributed by atoms with Crippen molar-refractivity contribution < 1.29 is 9.47 Å². The molecule has 1 aromatic carbocycles. The van der Waals surface area contributed by atoms with Gasteiger partial charge in [-0.1, -0.05) is 45.6 Å². The van der Waals surface area contributed by atoms with E-state index in [-0.39, 0.29) is 6.04 Å². The zero-order valence-electron chi connectivity index (χ0n) is 13.8. The van der Waals surface area contributed by atoms with Gasteiger partial charge in [-0.2, -0.15) is 0 Å². The largest absolute Gasteiger partial charge is 0.496 e. The van der Waals surface area contributed by atoms with Crippen LogP contribution in [0.4, 0.5) is 0 Å². The summed E-state index contributed by atoms with van der Waals surface area (Å²) in [5.41, 5.74) is 3.96. The minimum atomic E-state index is 0.0397. The lowest BCUT2D eigenvalue weighted by Crippen LogP contribution is -2.30. The Morgan fingerprint density at radius 3 is 2.19 bits per heavy atom. The van der Waals surface area contributed by atoms with Gasteiger partial charge in [0.2, 0.25) is 0 Å². The van der Waals surface area contributed by atoms with Crippen LogP contribution in [0.2, 0.25) is 0 Å². The zero-order chi connectivity index (χ0) is 15.7. The van der Waals surface area contributed by atoms with Crippen molar-refractivity contribution >= 4 is 0 Å². The van der Waals surface area contributed by atoms with Gasteiger partial charge in [0.25, 0.3) is 0 Å². The number of ether oxygens (including phenoxy) is 2. The maximum atomic E-state index is 5.82. The highest BCUT2D eigenvalue weighted by Crippen LogP contribution is 2.37. The smallest absolute Gasteiger partial charge is 0.127 e. The van der Waals surface area contributed by atoms with Gasteiger partial charge in [-0.25, -0.2) is 0 Å². The lowest BCUT2D eigenvalue weighted by atomic mass is 9.89. The van der Waals surface area contributed by atoms with E-state index in [0.29, 0.717) is 5.92 Å². The van der Waals surface area contributed by atoms with E-state index in [1.165, 1.54) is 19.3 Å². The molecule has 4 heteroatoms. The molecule has 1 aromatic rings. The van der Waals surface area contributed by atoms with E-state index in [1.54, 1.807) is 14.2 Å². The van der Waals surface area contributed by atoms with Crippen LogP contribution in [0.15, 0.2) is 18.2 Å². The molecule has 120 valence electrons. The Morgan fingerprint density at radius 2 is 1.76 bits per heavy atom. The fourth-order valence-electron chi connectivity index (χ4n) is 2.81. The Morgan fingerprint density at radius 1 is 1.14 bits per heavy atom. The Balaban J connectivity index is 2.97. The van der Waals surface area contributed by atoms with E-state index in [9.17, 15) is 0 Å². The van der Waals surface area contributed by atoms with Crippen LogP contribution in [-0.2, 0) is 0 Å². The van der Waals surface area contributed by atoms with Crippen molar-refractivity contribution in [3.05, 3.63) is 23.8 Å². The molecule has 3 N–H and O–H groups in total. The topological polar surface area (TPSA) is 56.5 Å². The number of hydrazine groups is 1. The minimum Gasteiger partial charge on any atom is -0.496 e. The summed E-state index contributed by atoms with van der Waals surface area (Å²) in [4.78, 5) is 0. The fraction of sp³-hybridized carbons (Fsp3) is 0.647. The van der Waals surface area contributed by atoms with Crippen LogP contribution < -0.4 is 20.7 Å². The monoisotopic (exact) mass is 294 g/mol. The third kappa shape index (κ3) is 4.90. The van der Waals surface area contributed by atoms with Crippen LogP contribution in [0.1, 0.15) is 57.6 Å². The third-order valence-corrected chi connectivity index (χ3v) is 4.13. The average molecular weight is 294 g/mol. The molecule has 0 saturated heterocycles. The highest BCUT2D eigenvalue weighted by molar-refractivity contribution is 5.47. The number of nitrogens with one attached hydrogen (secondary N) is 1. The van der Waals surface area contributed by atoms with Gasteiger partial charge >= 0.3 is 0 Å². The predicted molar refractivity (Wildman–Crippen MR) is 87.5 cm³/mol. The second kappa shape index (κ2) is 9.64. The molecule has 21 heavy (non-hydrogen) atoms. The van der Waals surface area contributed by atoms with Crippen molar-refractivity contribution in [1.29, 1.82) is 0 Å². The maximum absolute atomic E-state index is 5.82. The zero-order valence-corrected chi connectivity index (χ0v) is 13.8. The molecule has 1 rings (SSSR count). The number of unbranched alkanes of at least 4 members (excludes halogenated alkanes) is 1. The number of benzene rings is 1. The molecule has 2 unspecified atom stereocenters. The van der Waals surface area contributed by atoms with Crippen molar-refractivity contribution in [2.45, 2.75) is 52.0 Å². The number of rotatable bonds is 10. The lowest BCUT2D eigenvalue weighted by molar-refractivity contribution is 0.328. The first-order valence-electron chi connectivity index (χ1n) is 7.88. The summed E-state index contributed by atoms with van der Waals surface area (Å²) in [5, 5.41) is 0. The highest BCUT2D eigenvalue weighted by Gasteiger charge is 2.22. The third-order valence-electron chi connectivity index (χ3n) is 4.13. The van der Waals surface area contributed by atoms with Gasteiger partial charge in [0, 0.05) is 0 Å². The molecule has 0 bridgehead atoms. The summed E-state index contributed by atoms with van der Waals surface area (Å²) in [5.74, 6) is 8.12. The SMILES string of the molecule is CCCCC(CC)CC(NN)c1c(OC)cccc1OC. The van der Waals surface area contributed by atoms with E-state index in [0.717, 1.165) is 29.9 Å². The number of nitrogens with two attached hydrogens (primary N) is 1. The molecule has 0 amide bonds. The molecule has 2 atom stereocenters. The standard InChI is InChI=1S/C17H30N2O2/c1-5-7-9-13(6-2)12-14(19-18)17-15(20-3)10-8-11-16(17)21-4/h8,10-11,13-14,19H,5-7,9,12,18H2,1-4H3. The second-order valence-electron chi connectivity index (χ2n) is 5.45. The van der Waals surface area contributed by atoms with Crippen LogP contribution >= 0.6 is 0 Å². The van der Waals surface area contributed by atoms with Crippen molar-refractivity contribution in [2.24, 2.45) is 11.8 Å². The highest BCUT2D eigenvalue weighted by atomic mass is 16.5. The van der Waals surface area contributed by atoms with Gasteiger partial charge in [-0.05, 0) is 24.5 Å². The first-order valence-corrected chi connectivity index (χ1v) is 7.88. The van der Waals surface area contributed by atoms with E-state index >= 15 is 0 Å². The summed E-state index contributed by atoms with van der Waals surface area (Å²) >= 11 is 0. The molecular formula is C17H30N2O2. The second-order valence-corrected chi connectivity index (χ2v) is 5.45. The molecule has 0 saturated carbocycles. The Hall–Kier alpha value is -1.26. The van der Waals surface area contributed by atoms with Gasteiger partial charge in [0.05, 0.1) is 25.8 Å². The first kappa shape index (κ1) is 17.8. The van der Waals surface area contributed by atoms with Crippen LogP contribution in [0.25, 0.3) is 0 Å². The first-order chi connectivity index (χ1) is 10.2. The molecule has 0 aliphatic heterocycles. The number of hydrogen-bond acceptors (Lipinski definition) is 4. The predicted octanol–water partition coefficient (Wildman–Crippen LogP) is 3.81. The van der Waals surface area contributed by atoms with Crippen molar-refractivity contribution in [1.82, 2.24) is 5.43 Å². The molecule has 0 radical (unpaired) electrons. The molecule has 0 aliphatic carbocycles. The quantitative estimate of drug-likeness (QED) is 0.509. The summed E-state index contributed by atoms with van der Waals surface area (Å²) < 4.78 is 11.0. The fourth-order valence-corrected chi connectivity index (χ4v) is 2.81. The van der Waals surface area contributed by atoms with E-state index < -0.39 is 0 Å². The van der Waals surface area contributed by atoms with Crippen molar-refractivity contribution in [3.8, 4) is 11.5 Å². The summed E-state index contributed by atoms with van der Waals surface area (Å²) in [6.07, 6.45) is 5.88. The van der Waals surface area contributed by atoms with E-state index in [1.807, 2.05) is 18.2 Å². The number of methoxy groups -OCH3 is 2. The van der Waals surface area contributed by atoms with E-state index in [4.69, 9.17) is 15.3 Å². The molecule has 0 heterocycles. The number of hydrogen-bond donors (Lipinski definition) is 2. The Bertz CT molecular complexity index is 388. The summed E-state index contributed by atoms with van der Waals surface area (Å²) in [6, 6.07) is 5.88. The Kier molecular flexibility index (Phi) is 8.16. The normalized spacial score (nSPS) is 13.8. The van der Waals surface area contributed by atoms with Gasteiger partial charge in [-0.15, -0.1) is 0 Å². The molecular weight excluding hydrogens is 264 g/mol. The van der Waals surface area contributed by atoms with Crippen LogP contribution in [0.5, 0.6) is 11.5 Å². The minimum absolute atomic E-state index is 0.0397. The van der Waals surface area contributed by atoms with Crippen molar-refractivity contribution in [3.63, 3.8) is 0 Å². The van der Waals surface area contributed by atoms with Crippen LogP contribution in [0, 0.1) is 5.92 Å². The summed E-state index contributed by atoms with van der Waals surface area (Å²) in [6.45, 7) is 4.47. The maximum Gasteiger partial charge on any atom is 0.127 e. The molecule has 0 aliphatic rings. The van der Waals surface area contributed by atoms with Gasteiger partial charge in [0.1, 0.15) is 11.5 Å².